The van der Waals surface area contributed by atoms with E-state index >= 15 is 0 Å². The molecular weight excluding hydrogens is 249 g/mol. The molecule has 0 saturated heterocycles. The van der Waals surface area contributed by atoms with Crippen LogP contribution in [0.5, 0.6) is 0 Å². The second-order valence-electron chi connectivity index (χ2n) is 5.14. The number of hydrogen-bond donors (Lipinski definition) is 1. The molecule has 1 nitrogen and oxygen atoms in total. The van der Waals surface area contributed by atoms with Crippen LogP contribution in [-0.2, 0) is 6.42 Å². The number of hydrogen-bond acceptors (Lipinski definition) is 1. The van der Waals surface area contributed by atoms with E-state index in [-0.39, 0.29) is 11.7 Å². The highest BCUT2D eigenvalue weighted by Crippen LogP contribution is 2.30. The van der Waals surface area contributed by atoms with E-state index < -0.39 is 0 Å². The molecule has 20 heavy (non-hydrogen) atoms. The summed E-state index contributed by atoms with van der Waals surface area (Å²) in [5.74, 6) is 0.0487. The van der Waals surface area contributed by atoms with E-state index in [1.54, 1.807) is 12.1 Å². The van der Waals surface area contributed by atoms with Crippen LogP contribution in [0.15, 0.2) is 48.5 Å². The van der Waals surface area contributed by atoms with Gasteiger partial charge in [0.1, 0.15) is 5.82 Å². The number of nitrogens with two attached hydrogens (primary N) is 1. The van der Waals surface area contributed by atoms with Crippen molar-refractivity contribution >= 4 is 0 Å². The summed E-state index contributed by atoms with van der Waals surface area (Å²) in [6, 6.07) is 15.5. The Morgan fingerprint density at radius 2 is 1.75 bits per heavy atom. The van der Waals surface area contributed by atoms with E-state index in [0.717, 1.165) is 24.8 Å². The lowest BCUT2D eigenvalue weighted by atomic mass is 9.86. The molecule has 1 atom stereocenters. The molecule has 0 aromatic heterocycles. The first-order valence-corrected chi connectivity index (χ1v) is 7.29. The lowest BCUT2D eigenvalue weighted by molar-refractivity contribution is 0.616. The van der Waals surface area contributed by atoms with E-state index in [0.29, 0.717) is 6.54 Å². The zero-order chi connectivity index (χ0) is 14.4. The summed E-state index contributed by atoms with van der Waals surface area (Å²) >= 11 is 0. The third kappa shape index (κ3) is 3.67. The topological polar surface area (TPSA) is 26.0 Å². The minimum Gasteiger partial charge on any atom is -0.330 e. The Bertz CT molecular complexity index is 551. The van der Waals surface area contributed by atoms with Crippen molar-refractivity contribution < 1.29 is 4.39 Å². The average Bonchev–Trinajstić information content (AvgIpc) is 2.48. The molecule has 0 spiro atoms. The number of rotatable bonds is 6. The normalized spacial score (nSPS) is 12.3. The summed E-state index contributed by atoms with van der Waals surface area (Å²) < 4.78 is 13.5. The van der Waals surface area contributed by atoms with Gasteiger partial charge in [0, 0.05) is 5.92 Å². The molecule has 0 aliphatic heterocycles. The first-order chi connectivity index (χ1) is 9.74. The first kappa shape index (κ1) is 14.7. The zero-order valence-electron chi connectivity index (χ0n) is 12.0. The van der Waals surface area contributed by atoms with Gasteiger partial charge in [-0.15, -0.1) is 0 Å². The Morgan fingerprint density at radius 1 is 1.05 bits per heavy atom. The van der Waals surface area contributed by atoms with Crippen LogP contribution < -0.4 is 5.73 Å². The SMILES string of the molecule is CCc1cccc(C(CCCN)c2cccc(F)c2)c1. The number of halogens is 1. The monoisotopic (exact) mass is 271 g/mol. The van der Waals surface area contributed by atoms with Gasteiger partial charge in [-0.05, 0) is 54.6 Å². The van der Waals surface area contributed by atoms with E-state index in [4.69, 9.17) is 5.73 Å². The van der Waals surface area contributed by atoms with Crippen molar-refractivity contribution in [1.29, 1.82) is 0 Å². The van der Waals surface area contributed by atoms with Crippen LogP contribution in [0, 0.1) is 5.82 Å². The lowest BCUT2D eigenvalue weighted by Gasteiger charge is -2.18. The van der Waals surface area contributed by atoms with Crippen LogP contribution in [0.1, 0.15) is 42.4 Å². The van der Waals surface area contributed by atoms with Crippen molar-refractivity contribution in [3.63, 3.8) is 0 Å². The number of aryl methyl sites for hydroxylation is 1. The van der Waals surface area contributed by atoms with Gasteiger partial charge in [-0.3, -0.25) is 0 Å². The zero-order valence-corrected chi connectivity index (χ0v) is 12.0. The summed E-state index contributed by atoms with van der Waals surface area (Å²) in [4.78, 5) is 0. The molecule has 2 rings (SSSR count). The predicted molar refractivity (Wildman–Crippen MR) is 82.4 cm³/mol. The molecule has 0 heterocycles. The standard InChI is InChI=1S/C18H22FN/c1-2-14-6-3-7-15(12-14)18(10-5-11-20)16-8-4-9-17(19)13-16/h3-4,6-9,12-13,18H,2,5,10-11,20H2,1H3. The number of benzene rings is 2. The average molecular weight is 271 g/mol. The Hall–Kier alpha value is -1.67. The van der Waals surface area contributed by atoms with Gasteiger partial charge in [0.25, 0.3) is 0 Å². The predicted octanol–water partition coefficient (Wildman–Crippen LogP) is 4.26. The van der Waals surface area contributed by atoms with E-state index in [2.05, 4.69) is 31.2 Å². The second-order valence-corrected chi connectivity index (χ2v) is 5.14. The van der Waals surface area contributed by atoms with E-state index in [1.807, 2.05) is 6.07 Å². The maximum atomic E-state index is 13.5. The van der Waals surface area contributed by atoms with Gasteiger partial charge in [0.15, 0.2) is 0 Å². The minimum atomic E-state index is -0.174. The molecule has 2 heteroatoms. The highest BCUT2D eigenvalue weighted by Gasteiger charge is 2.14. The van der Waals surface area contributed by atoms with Crippen LogP contribution in [0.25, 0.3) is 0 Å². The molecule has 0 aliphatic carbocycles. The maximum Gasteiger partial charge on any atom is 0.123 e. The van der Waals surface area contributed by atoms with Crippen LogP contribution in [-0.4, -0.2) is 6.54 Å². The highest BCUT2D eigenvalue weighted by atomic mass is 19.1. The molecule has 0 saturated carbocycles. The van der Waals surface area contributed by atoms with Gasteiger partial charge in [-0.2, -0.15) is 0 Å². The van der Waals surface area contributed by atoms with Crippen molar-refractivity contribution in [3.05, 3.63) is 71.0 Å². The van der Waals surface area contributed by atoms with Crippen molar-refractivity contribution in [2.24, 2.45) is 5.73 Å². The molecule has 2 aromatic rings. The van der Waals surface area contributed by atoms with Crippen LogP contribution in [0.2, 0.25) is 0 Å². The third-order valence-electron chi connectivity index (χ3n) is 3.71. The van der Waals surface area contributed by atoms with Crippen molar-refractivity contribution in [3.8, 4) is 0 Å². The van der Waals surface area contributed by atoms with Gasteiger partial charge in [-0.1, -0.05) is 43.3 Å². The molecule has 0 radical (unpaired) electrons. The fourth-order valence-electron chi connectivity index (χ4n) is 2.60. The highest BCUT2D eigenvalue weighted by molar-refractivity contribution is 5.35. The fraction of sp³-hybridized carbons (Fsp3) is 0.333. The van der Waals surface area contributed by atoms with Crippen molar-refractivity contribution in [2.75, 3.05) is 6.54 Å². The minimum absolute atomic E-state index is 0.174. The summed E-state index contributed by atoms with van der Waals surface area (Å²) in [6.45, 7) is 2.81. The van der Waals surface area contributed by atoms with Gasteiger partial charge in [0.2, 0.25) is 0 Å². The summed E-state index contributed by atoms with van der Waals surface area (Å²) in [7, 11) is 0. The Balaban J connectivity index is 2.35. The molecule has 0 amide bonds. The lowest BCUT2D eigenvalue weighted by Crippen LogP contribution is -2.06. The largest absolute Gasteiger partial charge is 0.330 e. The maximum absolute atomic E-state index is 13.5. The van der Waals surface area contributed by atoms with E-state index in [9.17, 15) is 4.39 Å². The summed E-state index contributed by atoms with van der Waals surface area (Å²) in [5.41, 5.74) is 9.25. The van der Waals surface area contributed by atoms with Gasteiger partial charge in [0.05, 0.1) is 0 Å². The van der Waals surface area contributed by atoms with Crippen molar-refractivity contribution in [2.45, 2.75) is 32.1 Å². The molecule has 0 fully saturated rings. The second kappa shape index (κ2) is 7.20. The third-order valence-corrected chi connectivity index (χ3v) is 3.71. The van der Waals surface area contributed by atoms with Crippen molar-refractivity contribution in [1.82, 2.24) is 0 Å². The Labute approximate surface area is 120 Å². The quantitative estimate of drug-likeness (QED) is 0.834. The Kier molecular flexibility index (Phi) is 5.31. The van der Waals surface area contributed by atoms with Gasteiger partial charge < -0.3 is 5.73 Å². The fourth-order valence-corrected chi connectivity index (χ4v) is 2.60. The molecule has 2 aromatic carbocycles. The molecule has 0 bridgehead atoms. The van der Waals surface area contributed by atoms with Crippen LogP contribution in [0.3, 0.4) is 0 Å². The Morgan fingerprint density at radius 3 is 2.40 bits per heavy atom. The molecule has 2 N–H and O–H groups in total. The molecule has 1 unspecified atom stereocenters. The van der Waals surface area contributed by atoms with E-state index in [1.165, 1.54) is 17.2 Å². The molecular formula is C18H22FN. The first-order valence-electron chi connectivity index (χ1n) is 7.29. The summed E-state index contributed by atoms with van der Waals surface area (Å²) in [6.07, 6.45) is 2.91. The van der Waals surface area contributed by atoms with Crippen LogP contribution in [0.4, 0.5) is 4.39 Å². The molecule has 106 valence electrons. The molecule has 0 aliphatic rings. The van der Waals surface area contributed by atoms with Gasteiger partial charge >= 0.3 is 0 Å². The smallest absolute Gasteiger partial charge is 0.123 e. The van der Waals surface area contributed by atoms with Gasteiger partial charge in [-0.25, -0.2) is 4.39 Å². The summed E-state index contributed by atoms with van der Waals surface area (Å²) in [5, 5.41) is 0. The van der Waals surface area contributed by atoms with Crippen LogP contribution >= 0.6 is 0 Å².